The summed E-state index contributed by atoms with van der Waals surface area (Å²) < 4.78 is 16.9. The fourth-order valence-electron chi connectivity index (χ4n) is 2.72. The first-order valence-corrected chi connectivity index (χ1v) is 14.1. The van der Waals surface area contributed by atoms with Gasteiger partial charge in [0.15, 0.2) is 0 Å². The molecule has 222 valence electrons. The molecule has 0 aliphatic heterocycles. The predicted molar refractivity (Wildman–Crippen MR) is 186 cm³/mol. The van der Waals surface area contributed by atoms with Crippen molar-refractivity contribution in [3.05, 3.63) is 137 Å². The van der Waals surface area contributed by atoms with Gasteiger partial charge in [0.1, 0.15) is 16.1 Å². The van der Waals surface area contributed by atoms with E-state index in [0.29, 0.717) is 0 Å². The first kappa shape index (κ1) is 45.8. The molecule has 0 aliphatic rings. The summed E-state index contributed by atoms with van der Waals surface area (Å²) in [4.78, 5) is 8.16. The molecule has 0 fully saturated rings. The van der Waals surface area contributed by atoms with Crippen molar-refractivity contribution in [2.75, 3.05) is 21.3 Å². The molecule has 0 radical (unpaired) electrons. The molecule has 0 unspecified atom stereocenters. The summed E-state index contributed by atoms with van der Waals surface area (Å²) in [5.41, 5.74) is 2.08. The summed E-state index contributed by atoms with van der Waals surface area (Å²) >= 11 is 6.52. The van der Waals surface area contributed by atoms with Crippen LogP contribution in [0.1, 0.15) is 16.7 Å². The van der Waals surface area contributed by atoms with E-state index in [-0.39, 0.29) is 65.9 Å². The largest absolute Gasteiger partial charge is 2.00 e. The van der Waals surface area contributed by atoms with E-state index in [9.17, 15) is 0 Å². The first-order valence-electron chi connectivity index (χ1n) is 12.5. The van der Waals surface area contributed by atoms with Crippen LogP contribution in [0.4, 0.5) is 0 Å². The number of ether oxygens (including phenoxy) is 3. The minimum Gasteiger partial charge on any atom is -1.00 e. The van der Waals surface area contributed by atoms with Gasteiger partial charge in [-0.15, -0.1) is 12.1 Å². The second-order valence-corrected chi connectivity index (χ2v) is 8.92. The number of rotatable bonds is 4. The van der Waals surface area contributed by atoms with Gasteiger partial charge in [-0.05, 0) is 88.7 Å². The van der Waals surface area contributed by atoms with Gasteiger partial charge in [0, 0.05) is 28.2 Å². The average molecular weight is 798 g/mol. The Labute approximate surface area is 319 Å². The maximum Gasteiger partial charge on any atom is 2.00 e. The average Bonchev–Trinajstić information content (AvgIpc) is 3.04. The molecule has 0 aliphatic carbocycles. The van der Waals surface area contributed by atoms with Crippen molar-refractivity contribution in [1.82, 2.24) is 9.97 Å². The molecule has 2 aromatic heterocycles. The molecule has 43 heavy (non-hydrogen) atoms. The summed E-state index contributed by atoms with van der Waals surface area (Å²) in [5, 5.41) is 0. The Morgan fingerprint density at radius 2 is 1.02 bits per heavy atom. The number of nitrogens with zero attached hydrogens (tertiary/aromatic N) is 2. The van der Waals surface area contributed by atoms with Gasteiger partial charge in [0.2, 0.25) is 0 Å². The normalized spacial score (nSPS) is 8.26. The van der Waals surface area contributed by atoms with E-state index in [1.54, 1.807) is 33.7 Å². The third-order valence-corrected chi connectivity index (χ3v) is 5.65. The van der Waals surface area contributed by atoms with Gasteiger partial charge >= 0.3 is 46.1 Å². The van der Waals surface area contributed by atoms with E-state index >= 15 is 0 Å². The molecule has 0 saturated heterocycles. The zero-order valence-corrected chi connectivity index (χ0v) is 32.8. The molecule has 0 N–H and O–H groups in total. The smallest absolute Gasteiger partial charge is 1.00 e. The van der Waals surface area contributed by atoms with Crippen molar-refractivity contribution in [3.8, 4) is 28.5 Å². The second kappa shape index (κ2) is 30.4. The van der Waals surface area contributed by atoms with E-state index in [4.69, 9.17) is 14.2 Å². The van der Waals surface area contributed by atoms with Gasteiger partial charge in [-0.25, -0.2) is 4.98 Å². The van der Waals surface area contributed by atoms with E-state index in [0.717, 1.165) is 37.6 Å². The standard InChI is InChI=1S/C12H11NO.C7H7BrO.C7H7O.C5H4BrN.C2H6.BrH.2Mg.2H/c1-14-11-7-5-10(6-8-11)12-4-2-3-9-13-12;1-9-7-4-2-6(8)3-5-7;1-8-7-5-3-2-4-6-7;6-5-3-1-2-4-7-5;1-2;;;;;/h2-9H,1H3;2-5H,1H3;3-6H,1H3;1-4H;1-2H3;1H;;;;/q;;-1;;;;2*+2;2*-1/p-1. The van der Waals surface area contributed by atoms with E-state index in [1.165, 1.54) is 0 Å². The maximum atomic E-state index is 5.08. The minimum absolute atomic E-state index is 0. The fourth-order valence-corrected chi connectivity index (χ4v) is 3.25. The van der Waals surface area contributed by atoms with Crippen LogP contribution in [0.5, 0.6) is 17.2 Å². The first-order chi connectivity index (χ1) is 19.5. The zero-order valence-electron chi connectivity index (χ0n) is 27.2. The maximum absolute atomic E-state index is 5.08. The number of benzene rings is 3. The van der Waals surface area contributed by atoms with Crippen LogP contribution >= 0.6 is 31.9 Å². The van der Waals surface area contributed by atoms with E-state index in [2.05, 4.69) is 47.9 Å². The second-order valence-electron chi connectivity index (χ2n) is 7.19. The Kier molecular flexibility index (Phi) is 32.3. The van der Waals surface area contributed by atoms with Crippen LogP contribution in [0.15, 0.2) is 131 Å². The van der Waals surface area contributed by atoms with E-state index in [1.807, 2.05) is 123 Å². The fraction of sp³-hybridized carbons (Fsp3) is 0.152. The summed E-state index contributed by atoms with van der Waals surface area (Å²) in [7, 11) is 4.97. The molecule has 5 rings (SSSR count). The van der Waals surface area contributed by atoms with Crippen LogP contribution in [-0.4, -0.2) is 77.4 Å². The third-order valence-electron chi connectivity index (χ3n) is 4.65. The number of aromatic nitrogens is 2. The van der Waals surface area contributed by atoms with Crippen LogP contribution in [0.3, 0.4) is 0 Å². The van der Waals surface area contributed by atoms with Gasteiger partial charge in [-0.3, -0.25) is 4.98 Å². The minimum atomic E-state index is 0. The van der Waals surface area contributed by atoms with Crippen molar-refractivity contribution in [3.63, 3.8) is 0 Å². The van der Waals surface area contributed by atoms with Crippen molar-refractivity contribution in [2.24, 2.45) is 0 Å². The molecule has 2 heterocycles. The molecule has 5 nitrogen and oxygen atoms in total. The quantitative estimate of drug-likeness (QED) is 0.126. The molecular weight excluding hydrogens is 761 g/mol. The van der Waals surface area contributed by atoms with Crippen molar-refractivity contribution >= 4 is 78.0 Å². The summed E-state index contributed by atoms with van der Waals surface area (Å²) in [6, 6.07) is 37.4. The Morgan fingerprint density at radius 1 is 0.581 bits per heavy atom. The predicted octanol–water partition coefficient (Wildman–Crippen LogP) is 6.05. The van der Waals surface area contributed by atoms with Gasteiger partial charge in [-0.2, -0.15) is 18.2 Å². The van der Waals surface area contributed by atoms with E-state index < -0.39 is 0 Å². The van der Waals surface area contributed by atoms with Crippen LogP contribution < -0.4 is 31.2 Å². The number of pyridine rings is 2. The third kappa shape index (κ3) is 21.6. The number of halogens is 3. The van der Waals surface area contributed by atoms with Crippen LogP contribution in [-0.2, 0) is 0 Å². The molecular formula is C33H37Br3Mg2N2O3. The SMILES string of the molecule is Brc1ccccn1.CC.COc1cc[c-]cc1.COc1ccc(-c2ccccn2)cc1.COc1ccc(Br)cc1.[Br-].[H-].[H-].[Mg+2].[Mg+2]. The molecule has 5 aromatic rings. The number of methoxy groups -OCH3 is 3. The molecule has 10 heteroatoms. The molecule has 0 spiro atoms. The van der Waals surface area contributed by atoms with Crippen molar-refractivity contribution in [2.45, 2.75) is 13.8 Å². The monoisotopic (exact) mass is 794 g/mol. The Bertz CT molecular complexity index is 1290. The molecule has 0 atom stereocenters. The Morgan fingerprint density at radius 3 is 1.37 bits per heavy atom. The zero-order chi connectivity index (χ0) is 29.4. The summed E-state index contributed by atoms with van der Waals surface area (Å²) in [5.74, 6) is 2.63. The number of hydrogen-bond acceptors (Lipinski definition) is 5. The summed E-state index contributed by atoms with van der Waals surface area (Å²) in [6.45, 7) is 4.00. The number of hydrogen-bond donors (Lipinski definition) is 0. The molecule has 3 aromatic carbocycles. The molecule has 0 amide bonds. The van der Waals surface area contributed by atoms with Crippen LogP contribution in [0.25, 0.3) is 11.3 Å². The Hall–Kier alpha value is -1.67. The van der Waals surface area contributed by atoms with Gasteiger partial charge in [-0.1, -0.05) is 41.9 Å². The topological polar surface area (TPSA) is 53.5 Å². The van der Waals surface area contributed by atoms with Crippen LogP contribution in [0.2, 0.25) is 0 Å². The van der Waals surface area contributed by atoms with Gasteiger partial charge in [0.05, 0.1) is 27.0 Å². The van der Waals surface area contributed by atoms with Crippen molar-refractivity contribution < 1.29 is 34.0 Å². The molecule has 0 saturated carbocycles. The molecule has 0 bridgehead atoms. The van der Waals surface area contributed by atoms with Crippen molar-refractivity contribution in [1.29, 1.82) is 0 Å². The van der Waals surface area contributed by atoms with Gasteiger partial charge in [0.25, 0.3) is 0 Å². The van der Waals surface area contributed by atoms with Gasteiger partial charge < -0.3 is 34.0 Å². The summed E-state index contributed by atoms with van der Waals surface area (Å²) in [6.07, 6.45) is 3.53. The Balaban J connectivity index is -0.000000154. The van der Waals surface area contributed by atoms with Crippen LogP contribution in [0, 0.1) is 6.07 Å².